The zero-order valence-electron chi connectivity index (χ0n) is 66.9. The molecular weight excluding hydrogens is 1750 g/mol. The number of aliphatic hydroxyl groups is 1. The Morgan fingerprint density at radius 3 is 0.910 bits per heavy atom. The molecular formula is C79H132Br5N13O14. The van der Waals surface area contributed by atoms with Crippen molar-refractivity contribution in [3.05, 3.63) is 111 Å². The first-order valence-corrected chi connectivity index (χ1v) is 39.9. The van der Waals surface area contributed by atoms with Gasteiger partial charge in [0, 0.05) is 62.5 Å². The van der Waals surface area contributed by atoms with Crippen LogP contribution in [0.15, 0.2) is 83.7 Å². The number of aliphatic hydroxyl groups excluding tert-OH is 1. The van der Waals surface area contributed by atoms with E-state index >= 15 is 0 Å². The maximum Gasteiger partial charge on any atom is 0.338 e. The highest BCUT2D eigenvalue weighted by atomic mass is 79.9. The molecule has 0 unspecified atom stereocenters. The van der Waals surface area contributed by atoms with Crippen molar-refractivity contribution in [1.29, 1.82) is 0 Å². The quantitative estimate of drug-likeness (QED) is 0.0170. The van der Waals surface area contributed by atoms with Crippen molar-refractivity contribution in [2.24, 2.45) is 5.73 Å². The van der Waals surface area contributed by atoms with Crippen molar-refractivity contribution >= 4 is 121 Å². The number of carboxylic acids is 2. The molecule has 3 aliphatic carbocycles. The Kier molecular flexibility index (Phi) is 56.5. The Labute approximate surface area is 705 Å². The van der Waals surface area contributed by atoms with E-state index in [1.807, 2.05) is 138 Å². The number of hydrogen-bond acceptors (Lipinski definition) is 25. The molecule has 632 valence electrons. The summed E-state index contributed by atoms with van der Waals surface area (Å²) in [5.74, 6) is -0.589. The summed E-state index contributed by atoms with van der Waals surface area (Å²) >= 11 is 15.9. The number of aromatic nitrogens is 5. The first-order chi connectivity index (χ1) is 50.3. The van der Waals surface area contributed by atoms with E-state index in [2.05, 4.69) is 141 Å². The molecule has 5 aromatic heterocycles. The van der Waals surface area contributed by atoms with Crippen molar-refractivity contribution in [1.82, 2.24) is 49.4 Å². The molecule has 0 amide bonds. The van der Waals surface area contributed by atoms with Gasteiger partial charge in [-0.15, -0.1) is 0 Å². The number of carbonyl (C=O) groups excluding carboxylic acids is 3. The lowest BCUT2D eigenvalue weighted by Crippen LogP contribution is -2.28. The zero-order valence-corrected chi connectivity index (χ0v) is 74.8. The largest absolute Gasteiger partial charge is 0.478 e. The van der Waals surface area contributed by atoms with Gasteiger partial charge in [0.15, 0.2) is 0 Å². The Balaban J connectivity index is -0.00000125. The standard InChI is InChI=1S/C18H29N3O3.C14H21BrN2O3.C14H21N3O3.C10H11Br2NO2.C6H3Br2NO2.C6H15N.C4H11NO.C4H9N.3CH4/c1-18(2,3)24-17(22)13-11-15(19-14-7-6-8-14)20-16(12-13)23-10-9-21(4)5;1-14(2,3)20-13(18)10-8-11(15)16-12(9-10)19-7-6-17(4)5;1-17(2)6-7-20-13-9-10(14(18)19)8-12(16-13)15-11-4-3-5-11;1-10(2,3)15-9(14)6-4-7(11)13-8(12)5-6;7-4-1-3(6(10)11)2-5(8)9-4;1-4-7(5-2)6-3;1-5(2)3-4-6;5-4-2-1-3-4;;;/h11-12,14H,6-10H2,1-5H3,(H,19,20);8-9H,6-7H2,1-5H3;8-9,11H,3-7H2,1-2H3,(H,15,16)(H,18,19);4-5H,1-3H3;1-2H,(H,10,11);4-6H2,1-3H3;6H,3-4H2,1-2H3;4H,1-3,5H2;3*1H4. The molecule has 3 aliphatic rings. The van der Waals surface area contributed by atoms with Crippen molar-refractivity contribution < 1.29 is 67.7 Å². The van der Waals surface area contributed by atoms with E-state index in [0.29, 0.717) is 107 Å². The van der Waals surface area contributed by atoms with E-state index in [1.54, 1.807) is 42.5 Å². The monoisotopic (exact) mass is 1880 g/mol. The van der Waals surface area contributed by atoms with Crippen LogP contribution in [0.5, 0.6) is 17.6 Å². The number of nitrogens with two attached hydrogens (primary N) is 1. The minimum Gasteiger partial charge on any atom is -0.478 e. The SMILES string of the molecule is C.C.C.CC(C)(C)OC(=O)c1cc(Br)nc(Br)c1.CCN(CC)CC.CN(C)CCO.CN(C)CCOc1cc(C(=O)O)cc(NC2CCC2)n1.CN(C)CCOc1cc(C(=O)OC(C)(C)C)cc(Br)n1.CN(C)CCOc1cc(C(=O)OC(C)(C)C)cc(NC2CCC2)n1.NC1CCC1.O=C(O)c1cc(Br)nc(Br)c1. The highest BCUT2D eigenvalue weighted by molar-refractivity contribution is 9.11. The van der Waals surface area contributed by atoms with Gasteiger partial charge < -0.3 is 84.6 Å². The fraction of sp³-hybridized carbons (Fsp3) is 0.620. The van der Waals surface area contributed by atoms with Crippen molar-refractivity contribution in [3.63, 3.8) is 0 Å². The molecule has 5 heterocycles. The predicted octanol–water partition coefficient (Wildman–Crippen LogP) is 16.5. The second-order valence-electron chi connectivity index (χ2n) is 29.1. The minimum absolute atomic E-state index is 0. The van der Waals surface area contributed by atoms with Gasteiger partial charge in [0.2, 0.25) is 17.6 Å². The molecule has 0 bridgehead atoms. The van der Waals surface area contributed by atoms with Crippen LogP contribution in [0.2, 0.25) is 0 Å². The topological polar surface area (TPSA) is 332 Å². The van der Waals surface area contributed by atoms with Crippen LogP contribution in [0.25, 0.3) is 0 Å². The number of halogens is 5. The van der Waals surface area contributed by atoms with Gasteiger partial charge in [-0.3, -0.25) is 0 Å². The summed E-state index contributed by atoms with van der Waals surface area (Å²) in [4.78, 5) is 88.9. The number of carbonyl (C=O) groups is 5. The molecule has 0 aliphatic heterocycles. The Hall–Kier alpha value is -5.78. The van der Waals surface area contributed by atoms with E-state index in [4.69, 9.17) is 49.5 Å². The Bertz CT molecular complexity index is 3430. The number of ether oxygens (including phenoxy) is 6. The Morgan fingerprint density at radius 1 is 0.423 bits per heavy atom. The third-order valence-electron chi connectivity index (χ3n) is 14.6. The molecule has 32 heteroatoms. The molecule has 0 atom stereocenters. The molecule has 3 fully saturated rings. The van der Waals surface area contributed by atoms with Crippen LogP contribution >= 0.6 is 79.6 Å². The molecule has 3 saturated carbocycles. The zero-order chi connectivity index (χ0) is 82.1. The average Bonchev–Trinajstić information content (AvgIpc) is 0.861. The van der Waals surface area contributed by atoms with Crippen LogP contribution in [-0.4, -0.2) is 258 Å². The molecule has 0 aromatic carbocycles. The van der Waals surface area contributed by atoms with Gasteiger partial charge in [-0.05, 0) is 312 Å². The van der Waals surface area contributed by atoms with Gasteiger partial charge in [-0.25, -0.2) is 38.9 Å². The smallest absolute Gasteiger partial charge is 0.338 e. The number of anilines is 2. The average molecular weight is 1890 g/mol. The van der Waals surface area contributed by atoms with Crippen LogP contribution in [0.3, 0.4) is 0 Å². The van der Waals surface area contributed by atoms with Crippen LogP contribution < -0.4 is 30.6 Å². The van der Waals surface area contributed by atoms with Crippen molar-refractivity contribution in [2.75, 3.05) is 139 Å². The lowest BCUT2D eigenvalue weighted by atomic mass is 9.93. The summed E-state index contributed by atoms with van der Waals surface area (Å²) in [6.07, 6.45) is 10.8. The number of esters is 3. The van der Waals surface area contributed by atoms with Crippen molar-refractivity contribution in [2.45, 2.75) is 198 Å². The highest BCUT2D eigenvalue weighted by Crippen LogP contribution is 2.28. The second-order valence-corrected chi connectivity index (χ2v) is 33.2. The number of pyridine rings is 5. The third-order valence-corrected chi connectivity index (χ3v) is 16.6. The first kappa shape index (κ1) is 109. The fourth-order valence-electron chi connectivity index (χ4n) is 8.23. The van der Waals surface area contributed by atoms with Crippen LogP contribution in [0, 0.1) is 0 Å². The van der Waals surface area contributed by atoms with Gasteiger partial charge in [-0.1, -0.05) is 49.5 Å². The summed E-state index contributed by atoms with van der Waals surface area (Å²) in [6, 6.07) is 17.1. The lowest BCUT2D eigenvalue weighted by molar-refractivity contribution is 0.00565. The van der Waals surface area contributed by atoms with Gasteiger partial charge in [0.25, 0.3) is 0 Å². The Morgan fingerprint density at radius 2 is 0.676 bits per heavy atom. The van der Waals surface area contributed by atoms with Gasteiger partial charge in [-0.2, -0.15) is 9.97 Å². The fourth-order valence-corrected chi connectivity index (χ4v) is 10.9. The number of likely N-dealkylation sites (N-methyl/N-ethyl adjacent to an activating group) is 4. The normalized spacial score (nSPS) is 12.9. The van der Waals surface area contributed by atoms with E-state index in [0.717, 1.165) is 51.9 Å². The number of hydrogen-bond donors (Lipinski definition) is 6. The number of rotatable bonds is 26. The van der Waals surface area contributed by atoms with Crippen LogP contribution in [0.1, 0.15) is 215 Å². The third kappa shape index (κ3) is 53.8. The first-order valence-electron chi connectivity index (χ1n) is 36.0. The van der Waals surface area contributed by atoms with Crippen molar-refractivity contribution in [3.8, 4) is 17.6 Å². The molecule has 5 aromatic rings. The summed E-state index contributed by atoms with van der Waals surface area (Å²) in [7, 11) is 15.6. The molecule has 111 heavy (non-hydrogen) atoms. The van der Waals surface area contributed by atoms with E-state index < -0.39 is 34.7 Å². The summed E-state index contributed by atoms with van der Waals surface area (Å²) in [5.41, 5.74) is 5.58. The lowest BCUT2D eigenvalue weighted by Gasteiger charge is -2.27. The summed E-state index contributed by atoms with van der Waals surface area (Å²) in [5, 5.41) is 32.5. The van der Waals surface area contributed by atoms with Gasteiger partial charge in [0.1, 0.15) is 71.3 Å². The number of nitrogens with zero attached hydrogens (tertiary/aromatic N) is 10. The summed E-state index contributed by atoms with van der Waals surface area (Å²) in [6.45, 7) is 31.5. The van der Waals surface area contributed by atoms with Crippen LogP contribution in [0.4, 0.5) is 11.6 Å². The van der Waals surface area contributed by atoms with E-state index in [1.165, 1.54) is 69.9 Å². The maximum atomic E-state index is 12.4. The predicted molar refractivity (Wildman–Crippen MR) is 465 cm³/mol. The van der Waals surface area contributed by atoms with Gasteiger partial charge >= 0.3 is 29.8 Å². The second kappa shape index (κ2) is 57.3. The summed E-state index contributed by atoms with van der Waals surface area (Å²) < 4.78 is 35.5. The molecule has 0 saturated heterocycles. The van der Waals surface area contributed by atoms with E-state index in [9.17, 15) is 24.0 Å². The number of aromatic carboxylic acids is 2. The molecule has 8 rings (SSSR count). The number of nitrogens with one attached hydrogen (secondary N) is 2. The number of carboxylic acid groups (broad SMARTS) is 2. The maximum absolute atomic E-state index is 12.4. The molecule has 0 spiro atoms. The molecule has 0 radical (unpaired) electrons. The molecule has 27 nitrogen and oxygen atoms in total. The van der Waals surface area contributed by atoms with E-state index in [-0.39, 0.29) is 52.0 Å². The van der Waals surface area contributed by atoms with Crippen LogP contribution in [-0.2, 0) is 14.2 Å². The van der Waals surface area contributed by atoms with Gasteiger partial charge in [0.05, 0.1) is 34.4 Å². The highest BCUT2D eigenvalue weighted by Gasteiger charge is 2.25. The molecule has 7 N–H and O–H groups in total. The minimum atomic E-state index is -0.971.